The van der Waals surface area contributed by atoms with Crippen LogP contribution < -0.4 is 4.90 Å². The van der Waals surface area contributed by atoms with Gasteiger partial charge in [0, 0.05) is 18.8 Å². The van der Waals surface area contributed by atoms with Gasteiger partial charge in [-0.15, -0.1) is 0 Å². The average molecular weight is 303 g/mol. The third kappa shape index (κ3) is 5.01. The van der Waals surface area contributed by atoms with Crippen molar-refractivity contribution in [3.8, 4) is 0 Å². The third-order valence-corrected chi connectivity index (χ3v) is 4.59. The summed E-state index contributed by atoms with van der Waals surface area (Å²) >= 11 is 0. The number of unbranched alkanes of at least 4 members (excludes halogenated alkanes) is 4. The molecule has 124 valence electrons. The number of benzene rings is 1. The van der Waals surface area contributed by atoms with Crippen LogP contribution in [0.25, 0.3) is 0 Å². The van der Waals surface area contributed by atoms with Crippen molar-refractivity contribution in [3.05, 3.63) is 29.3 Å². The Morgan fingerprint density at radius 2 is 1.73 bits per heavy atom. The quantitative estimate of drug-likeness (QED) is 0.648. The zero-order valence-electron chi connectivity index (χ0n) is 14.9. The van der Waals surface area contributed by atoms with E-state index >= 15 is 0 Å². The van der Waals surface area contributed by atoms with Crippen molar-refractivity contribution in [2.24, 2.45) is 0 Å². The lowest BCUT2D eigenvalue weighted by Crippen LogP contribution is -2.45. The number of morpholine rings is 1. The first-order chi connectivity index (χ1) is 10.6. The van der Waals surface area contributed by atoms with Crippen molar-refractivity contribution in [1.29, 1.82) is 0 Å². The summed E-state index contributed by atoms with van der Waals surface area (Å²) in [4.78, 5) is 2.49. The molecule has 2 atom stereocenters. The van der Waals surface area contributed by atoms with Crippen LogP contribution in [0.2, 0.25) is 0 Å². The molecule has 1 heterocycles. The molecule has 2 heteroatoms. The number of anilines is 1. The fourth-order valence-electron chi connectivity index (χ4n) is 3.54. The highest BCUT2D eigenvalue weighted by Gasteiger charge is 2.23. The van der Waals surface area contributed by atoms with Crippen LogP contribution >= 0.6 is 0 Å². The first-order valence-electron chi connectivity index (χ1n) is 9.10. The molecule has 0 aliphatic carbocycles. The van der Waals surface area contributed by atoms with E-state index in [0.29, 0.717) is 12.2 Å². The Hall–Kier alpha value is -1.02. The van der Waals surface area contributed by atoms with Crippen molar-refractivity contribution in [1.82, 2.24) is 0 Å². The van der Waals surface area contributed by atoms with Crippen LogP contribution in [-0.2, 0) is 11.2 Å². The summed E-state index contributed by atoms with van der Waals surface area (Å²) in [7, 11) is 0. The van der Waals surface area contributed by atoms with E-state index in [2.05, 4.69) is 50.8 Å². The first kappa shape index (κ1) is 17.3. The number of nitrogens with zero attached hydrogens (tertiary/aromatic N) is 1. The molecule has 1 aliphatic heterocycles. The van der Waals surface area contributed by atoms with Crippen LogP contribution in [0.5, 0.6) is 0 Å². The molecule has 1 aromatic carbocycles. The molecule has 0 unspecified atom stereocenters. The van der Waals surface area contributed by atoms with E-state index in [9.17, 15) is 0 Å². The zero-order valence-corrected chi connectivity index (χ0v) is 14.9. The standard InChI is InChI=1S/C20H33NO/c1-5-6-7-8-9-10-19-11-12-20(16(2)13-19)21-14-17(3)22-18(4)15-21/h11-13,17-18H,5-10,14-15H2,1-4H3/t17-,18+. The predicted molar refractivity (Wildman–Crippen MR) is 95.9 cm³/mol. The summed E-state index contributed by atoms with van der Waals surface area (Å²) in [5.74, 6) is 0. The minimum atomic E-state index is 0.321. The smallest absolute Gasteiger partial charge is 0.0726 e. The Kier molecular flexibility index (Phi) is 6.75. The highest BCUT2D eigenvalue weighted by atomic mass is 16.5. The number of ether oxygens (including phenoxy) is 1. The van der Waals surface area contributed by atoms with E-state index in [4.69, 9.17) is 4.74 Å². The van der Waals surface area contributed by atoms with Gasteiger partial charge in [-0.1, -0.05) is 44.7 Å². The van der Waals surface area contributed by atoms with Gasteiger partial charge in [0.1, 0.15) is 0 Å². The van der Waals surface area contributed by atoms with E-state index in [1.165, 1.54) is 55.3 Å². The molecule has 0 bridgehead atoms. The third-order valence-electron chi connectivity index (χ3n) is 4.59. The van der Waals surface area contributed by atoms with Crippen molar-refractivity contribution >= 4 is 5.69 Å². The highest BCUT2D eigenvalue weighted by Crippen LogP contribution is 2.25. The van der Waals surface area contributed by atoms with Crippen molar-refractivity contribution in [2.45, 2.75) is 78.4 Å². The lowest BCUT2D eigenvalue weighted by atomic mass is 10.0. The minimum Gasteiger partial charge on any atom is -0.372 e. The molecule has 1 aliphatic rings. The summed E-state index contributed by atoms with van der Waals surface area (Å²) in [6, 6.07) is 7.04. The largest absolute Gasteiger partial charge is 0.372 e. The second-order valence-electron chi connectivity index (χ2n) is 6.95. The Morgan fingerprint density at radius 1 is 1.05 bits per heavy atom. The first-order valence-corrected chi connectivity index (χ1v) is 9.10. The second kappa shape index (κ2) is 8.57. The van der Waals surface area contributed by atoms with Gasteiger partial charge in [0.15, 0.2) is 0 Å². The molecular formula is C20H33NO. The van der Waals surface area contributed by atoms with Crippen LogP contribution in [0, 0.1) is 6.92 Å². The molecule has 1 fully saturated rings. The van der Waals surface area contributed by atoms with E-state index in [1.807, 2.05) is 0 Å². The predicted octanol–water partition coefficient (Wildman–Crippen LogP) is 5.12. The van der Waals surface area contributed by atoms with Gasteiger partial charge >= 0.3 is 0 Å². The zero-order chi connectivity index (χ0) is 15.9. The van der Waals surface area contributed by atoms with Gasteiger partial charge in [0.25, 0.3) is 0 Å². The minimum absolute atomic E-state index is 0.321. The van der Waals surface area contributed by atoms with Crippen LogP contribution in [0.3, 0.4) is 0 Å². The fourth-order valence-corrected chi connectivity index (χ4v) is 3.54. The van der Waals surface area contributed by atoms with Crippen LogP contribution in [-0.4, -0.2) is 25.3 Å². The molecule has 2 rings (SSSR count). The molecule has 1 aromatic rings. The SMILES string of the molecule is CCCCCCCc1ccc(N2C[C@@H](C)O[C@@H](C)C2)c(C)c1. The van der Waals surface area contributed by atoms with Gasteiger partial charge < -0.3 is 9.64 Å². The molecular weight excluding hydrogens is 270 g/mol. The molecule has 0 radical (unpaired) electrons. The van der Waals surface area contributed by atoms with Gasteiger partial charge in [-0.25, -0.2) is 0 Å². The van der Waals surface area contributed by atoms with Crippen molar-refractivity contribution < 1.29 is 4.74 Å². The number of aryl methyl sites for hydroxylation is 2. The maximum atomic E-state index is 5.85. The van der Waals surface area contributed by atoms with E-state index < -0.39 is 0 Å². The summed E-state index contributed by atoms with van der Waals surface area (Å²) in [5.41, 5.74) is 4.29. The van der Waals surface area contributed by atoms with Crippen molar-refractivity contribution in [3.63, 3.8) is 0 Å². The Labute approximate surface area is 136 Å². The van der Waals surface area contributed by atoms with Gasteiger partial charge in [0.05, 0.1) is 12.2 Å². The van der Waals surface area contributed by atoms with Crippen LogP contribution in [0.4, 0.5) is 5.69 Å². The van der Waals surface area contributed by atoms with Crippen molar-refractivity contribution in [2.75, 3.05) is 18.0 Å². The Morgan fingerprint density at radius 3 is 2.36 bits per heavy atom. The number of hydrogen-bond donors (Lipinski definition) is 0. The van der Waals surface area contributed by atoms with Gasteiger partial charge in [0.2, 0.25) is 0 Å². The van der Waals surface area contributed by atoms with Gasteiger partial charge in [-0.2, -0.15) is 0 Å². The molecule has 0 amide bonds. The molecule has 1 saturated heterocycles. The maximum absolute atomic E-state index is 5.85. The lowest BCUT2D eigenvalue weighted by Gasteiger charge is -2.37. The lowest BCUT2D eigenvalue weighted by molar-refractivity contribution is -0.00524. The van der Waals surface area contributed by atoms with E-state index in [1.54, 1.807) is 0 Å². The summed E-state index contributed by atoms with van der Waals surface area (Å²) in [6.45, 7) is 10.9. The second-order valence-corrected chi connectivity index (χ2v) is 6.95. The molecule has 2 nitrogen and oxygen atoms in total. The average Bonchev–Trinajstić information content (AvgIpc) is 2.46. The van der Waals surface area contributed by atoms with E-state index in [0.717, 1.165) is 13.1 Å². The van der Waals surface area contributed by atoms with Gasteiger partial charge in [-0.05, 0) is 50.8 Å². The molecule has 0 N–H and O–H groups in total. The van der Waals surface area contributed by atoms with Crippen LogP contribution in [0.1, 0.15) is 64.0 Å². The molecule has 0 spiro atoms. The molecule has 22 heavy (non-hydrogen) atoms. The summed E-state index contributed by atoms with van der Waals surface area (Å²) < 4.78 is 5.85. The number of hydrogen-bond acceptors (Lipinski definition) is 2. The fraction of sp³-hybridized carbons (Fsp3) is 0.700. The van der Waals surface area contributed by atoms with Crippen LogP contribution in [0.15, 0.2) is 18.2 Å². The summed E-state index contributed by atoms with van der Waals surface area (Å²) in [6.07, 6.45) is 8.65. The monoisotopic (exact) mass is 303 g/mol. The number of rotatable bonds is 7. The van der Waals surface area contributed by atoms with Gasteiger partial charge in [-0.3, -0.25) is 0 Å². The Bertz CT molecular complexity index is 447. The Balaban J connectivity index is 1.91. The maximum Gasteiger partial charge on any atom is 0.0726 e. The normalized spacial score (nSPS) is 22.1. The molecule has 0 saturated carbocycles. The summed E-state index contributed by atoms with van der Waals surface area (Å²) in [5, 5.41) is 0. The highest BCUT2D eigenvalue weighted by molar-refractivity contribution is 5.55. The van der Waals surface area contributed by atoms with E-state index in [-0.39, 0.29) is 0 Å². The molecule has 0 aromatic heterocycles. The topological polar surface area (TPSA) is 12.5 Å².